The predicted octanol–water partition coefficient (Wildman–Crippen LogP) is 7.03. The summed E-state index contributed by atoms with van der Waals surface area (Å²) in [4.78, 5) is 24.0. The van der Waals surface area contributed by atoms with Crippen molar-refractivity contribution < 1.29 is 24.5 Å². The molecule has 3 aromatic rings. The number of hydrogen-bond donors (Lipinski definition) is 3. The zero-order valence-corrected chi connectivity index (χ0v) is 20.5. The molecule has 0 heterocycles. The molecule has 0 spiro atoms. The summed E-state index contributed by atoms with van der Waals surface area (Å²) in [6.45, 7) is 3.44. The average Bonchev–Trinajstić information content (AvgIpc) is 2.73. The van der Waals surface area contributed by atoms with Crippen LogP contribution in [-0.4, -0.2) is 22.3 Å². The molecule has 0 unspecified atom stereocenters. The van der Waals surface area contributed by atoms with Crippen LogP contribution in [0.4, 0.5) is 10.5 Å². The summed E-state index contributed by atoms with van der Waals surface area (Å²) in [6, 6.07) is 16.4. The minimum atomic E-state index is -1.13. The Bertz CT molecular complexity index is 1200. The summed E-state index contributed by atoms with van der Waals surface area (Å²) in [7, 11) is 0. The van der Waals surface area contributed by atoms with E-state index >= 15 is 0 Å². The number of carbonyl (C=O) groups excluding carboxylic acids is 1. The van der Waals surface area contributed by atoms with Gasteiger partial charge in [0.25, 0.3) is 0 Å². The third-order valence-electron chi connectivity index (χ3n) is 4.92. The van der Waals surface area contributed by atoms with Crippen LogP contribution >= 0.6 is 31.9 Å². The number of aromatic hydroxyl groups is 1. The fourth-order valence-corrected chi connectivity index (χ4v) is 4.61. The molecule has 0 radical (unpaired) electrons. The molecule has 0 aliphatic rings. The molecule has 32 heavy (non-hydrogen) atoms. The molecule has 0 saturated carbocycles. The van der Waals surface area contributed by atoms with Gasteiger partial charge in [-0.1, -0.05) is 72.3 Å². The number of carbonyl (C=O) groups is 2. The Labute approximate surface area is 202 Å². The Hall–Kier alpha value is -2.84. The first kappa shape index (κ1) is 23.8. The number of ether oxygens (including phenoxy) is 1. The van der Waals surface area contributed by atoms with Gasteiger partial charge in [-0.25, -0.2) is 9.59 Å². The highest BCUT2D eigenvalue weighted by Crippen LogP contribution is 2.45. The smallest absolute Gasteiger partial charge is 0.412 e. The molecule has 166 valence electrons. The molecular formula is C24H21Br2NO5. The third-order valence-corrected chi connectivity index (χ3v) is 5.98. The van der Waals surface area contributed by atoms with E-state index in [2.05, 4.69) is 37.2 Å². The van der Waals surface area contributed by atoms with E-state index in [0.29, 0.717) is 20.2 Å². The second kappa shape index (κ2) is 9.75. The number of carboxylic acid groups (broad SMARTS) is 1. The normalized spacial score (nSPS) is 12.6. The number of rotatable bonds is 6. The SMILES string of the molecule is CC(C)(/C=C/C(=O)O)[C@@H](OC(=O)Nc1cccc2ccccc12)c1cc(Br)cc(Br)c1O. The van der Waals surface area contributed by atoms with Crippen LogP contribution in [-0.2, 0) is 9.53 Å². The van der Waals surface area contributed by atoms with Crippen molar-refractivity contribution in [2.24, 2.45) is 5.41 Å². The zero-order valence-electron chi connectivity index (χ0n) is 17.3. The van der Waals surface area contributed by atoms with Gasteiger partial charge in [0.15, 0.2) is 0 Å². The van der Waals surface area contributed by atoms with Crippen LogP contribution in [0.25, 0.3) is 10.8 Å². The lowest BCUT2D eigenvalue weighted by molar-refractivity contribution is -0.131. The highest BCUT2D eigenvalue weighted by Gasteiger charge is 2.35. The first-order chi connectivity index (χ1) is 15.1. The lowest BCUT2D eigenvalue weighted by atomic mass is 9.81. The number of anilines is 1. The Kier molecular flexibility index (Phi) is 7.26. The largest absolute Gasteiger partial charge is 0.506 e. The van der Waals surface area contributed by atoms with Crippen molar-refractivity contribution in [2.75, 3.05) is 5.32 Å². The lowest BCUT2D eigenvalue weighted by Gasteiger charge is -2.32. The molecule has 0 aliphatic carbocycles. The van der Waals surface area contributed by atoms with E-state index < -0.39 is 23.6 Å². The van der Waals surface area contributed by atoms with Crippen LogP contribution in [0, 0.1) is 5.41 Å². The number of carboxylic acids is 1. The Morgan fingerprint density at radius 1 is 1.09 bits per heavy atom. The summed E-state index contributed by atoms with van der Waals surface area (Å²) < 4.78 is 6.84. The van der Waals surface area contributed by atoms with E-state index in [-0.39, 0.29) is 5.75 Å². The van der Waals surface area contributed by atoms with Gasteiger partial charge in [0.05, 0.1) is 10.2 Å². The highest BCUT2D eigenvalue weighted by atomic mass is 79.9. The van der Waals surface area contributed by atoms with Crippen molar-refractivity contribution in [2.45, 2.75) is 20.0 Å². The van der Waals surface area contributed by atoms with Crippen LogP contribution in [0.2, 0.25) is 0 Å². The molecule has 0 fully saturated rings. The van der Waals surface area contributed by atoms with E-state index in [1.807, 2.05) is 36.4 Å². The van der Waals surface area contributed by atoms with Crippen LogP contribution < -0.4 is 5.32 Å². The van der Waals surface area contributed by atoms with Crippen molar-refractivity contribution in [3.8, 4) is 5.75 Å². The van der Waals surface area contributed by atoms with E-state index in [1.165, 1.54) is 6.08 Å². The van der Waals surface area contributed by atoms with Gasteiger partial charge in [-0.3, -0.25) is 5.32 Å². The lowest BCUT2D eigenvalue weighted by Crippen LogP contribution is -2.28. The second-order valence-electron chi connectivity index (χ2n) is 7.76. The number of aliphatic carboxylic acids is 1. The molecule has 1 amide bonds. The van der Waals surface area contributed by atoms with Gasteiger partial charge in [-0.2, -0.15) is 0 Å². The van der Waals surface area contributed by atoms with Crippen molar-refractivity contribution in [1.29, 1.82) is 0 Å². The number of benzene rings is 3. The Morgan fingerprint density at radius 2 is 1.78 bits per heavy atom. The summed E-state index contributed by atoms with van der Waals surface area (Å²) in [6.07, 6.45) is 0.684. The number of hydrogen-bond acceptors (Lipinski definition) is 4. The van der Waals surface area contributed by atoms with Gasteiger partial charge < -0.3 is 14.9 Å². The van der Waals surface area contributed by atoms with Gasteiger partial charge in [-0.05, 0) is 39.5 Å². The molecule has 0 saturated heterocycles. The maximum atomic E-state index is 12.9. The molecule has 0 aliphatic heterocycles. The first-order valence-electron chi connectivity index (χ1n) is 9.64. The van der Waals surface area contributed by atoms with Gasteiger partial charge in [0.2, 0.25) is 0 Å². The quantitative estimate of drug-likeness (QED) is 0.280. The Balaban J connectivity index is 1.98. The maximum absolute atomic E-state index is 12.9. The molecular weight excluding hydrogens is 542 g/mol. The van der Waals surface area contributed by atoms with E-state index in [0.717, 1.165) is 16.8 Å². The zero-order chi connectivity index (χ0) is 23.5. The predicted molar refractivity (Wildman–Crippen MR) is 131 cm³/mol. The maximum Gasteiger partial charge on any atom is 0.412 e. The van der Waals surface area contributed by atoms with Gasteiger partial charge in [0, 0.05) is 26.9 Å². The average molecular weight is 563 g/mol. The number of phenolic OH excluding ortho intramolecular Hbond substituents is 1. The minimum Gasteiger partial charge on any atom is -0.506 e. The summed E-state index contributed by atoms with van der Waals surface area (Å²) in [5.74, 6) is -1.23. The summed E-state index contributed by atoms with van der Waals surface area (Å²) in [5, 5.41) is 24.3. The van der Waals surface area contributed by atoms with Crippen LogP contribution in [0.3, 0.4) is 0 Å². The second-order valence-corrected chi connectivity index (χ2v) is 9.53. The van der Waals surface area contributed by atoms with Gasteiger partial charge >= 0.3 is 12.1 Å². The van der Waals surface area contributed by atoms with Gasteiger partial charge in [0.1, 0.15) is 11.9 Å². The van der Waals surface area contributed by atoms with E-state index in [4.69, 9.17) is 9.84 Å². The topological polar surface area (TPSA) is 95.9 Å². The van der Waals surface area contributed by atoms with Crippen LogP contribution in [0.5, 0.6) is 5.75 Å². The number of amides is 1. The van der Waals surface area contributed by atoms with Crippen molar-refractivity contribution in [3.05, 3.63) is 81.3 Å². The van der Waals surface area contributed by atoms with Crippen molar-refractivity contribution >= 4 is 60.4 Å². The standard InChI is InChI=1S/C24H21Br2NO5/c1-24(2,11-10-20(28)29)22(17-12-15(25)13-18(26)21(17)30)32-23(31)27-19-9-5-7-14-6-3-4-8-16(14)19/h3-13,22,30H,1-2H3,(H,27,31)(H,28,29)/b11-10+/t22-/m0/s1. The van der Waals surface area contributed by atoms with E-state index in [9.17, 15) is 14.7 Å². The fraction of sp³-hybridized carbons (Fsp3) is 0.167. The van der Waals surface area contributed by atoms with Crippen LogP contribution in [0.15, 0.2) is 75.7 Å². The van der Waals surface area contributed by atoms with Crippen LogP contribution in [0.1, 0.15) is 25.5 Å². The molecule has 0 aromatic heterocycles. The third kappa shape index (κ3) is 5.49. The van der Waals surface area contributed by atoms with E-state index in [1.54, 1.807) is 32.0 Å². The molecule has 3 N–H and O–H groups in total. The van der Waals surface area contributed by atoms with Crippen molar-refractivity contribution in [1.82, 2.24) is 0 Å². The van der Waals surface area contributed by atoms with Crippen molar-refractivity contribution in [3.63, 3.8) is 0 Å². The van der Waals surface area contributed by atoms with Gasteiger partial charge in [-0.15, -0.1) is 0 Å². The molecule has 1 atom stereocenters. The molecule has 3 rings (SSSR count). The molecule has 6 nitrogen and oxygen atoms in total. The Morgan fingerprint density at radius 3 is 2.50 bits per heavy atom. The number of fused-ring (bicyclic) bond motifs is 1. The molecule has 0 bridgehead atoms. The summed E-state index contributed by atoms with van der Waals surface area (Å²) in [5.41, 5.74) is -0.0728. The minimum absolute atomic E-state index is 0.104. The monoisotopic (exact) mass is 561 g/mol. The first-order valence-corrected chi connectivity index (χ1v) is 11.2. The molecule has 8 heteroatoms. The highest BCUT2D eigenvalue weighted by molar-refractivity contribution is 9.11. The number of halogens is 2. The number of phenols is 1. The fourth-order valence-electron chi connectivity index (χ4n) is 3.36. The molecule has 3 aromatic carbocycles. The number of nitrogens with one attached hydrogen (secondary N) is 1. The summed E-state index contributed by atoms with van der Waals surface area (Å²) >= 11 is 6.68.